The van der Waals surface area contributed by atoms with Gasteiger partial charge in [-0.3, -0.25) is 0 Å². The lowest BCUT2D eigenvalue weighted by atomic mass is 10.3. The lowest BCUT2D eigenvalue weighted by Gasteiger charge is -2.08. The van der Waals surface area contributed by atoms with E-state index in [2.05, 4.69) is 37.6 Å². The number of nitrogens with zero attached hydrogens (tertiary/aromatic N) is 6. The normalized spacial score (nSPS) is 11.4. The first-order valence-electron chi connectivity index (χ1n) is 7.51. The van der Waals surface area contributed by atoms with Crippen molar-refractivity contribution in [3.8, 4) is 5.69 Å². The molecule has 0 saturated heterocycles. The zero-order valence-electron chi connectivity index (χ0n) is 13.0. The van der Waals surface area contributed by atoms with E-state index < -0.39 is 0 Å². The molecule has 0 aliphatic carbocycles. The maximum Gasteiger partial charge on any atom is 0.152 e. The lowest BCUT2D eigenvalue weighted by Crippen LogP contribution is -2.10. The van der Waals surface area contributed by atoms with Gasteiger partial charge in [-0.05, 0) is 25.1 Å². The van der Waals surface area contributed by atoms with Gasteiger partial charge >= 0.3 is 0 Å². The molecular weight excluding hydrogens is 308 g/mol. The summed E-state index contributed by atoms with van der Waals surface area (Å²) in [7, 11) is 0. The van der Waals surface area contributed by atoms with Gasteiger partial charge in [0.05, 0.1) is 27.5 Å². The zero-order chi connectivity index (χ0) is 15.8. The summed E-state index contributed by atoms with van der Waals surface area (Å²) in [6.45, 7) is 4.78. The molecule has 0 fully saturated rings. The Kier molecular flexibility index (Phi) is 3.42. The summed E-state index contributed by atoms with van der Waals surface area (Å²) in [6, 6.07) is 6.19. The summed E-state index contributed by atoms with van der Waals surface area (Å²) in [4.78, 5) is 13.3. The smallest absolute Gasteiger partial charge is 0.152 e. The minimum absolute atomic E-state index is 0.656. The van der Waals surface area contributed by atoms with E-state index in [1.54, 1.807) is 17.7 Å². The predicted octanol–water partition coefficient (Wildman–Crippen LogP) is 2.99. The first kappa shape index (κ1) is 14.1. The van der Waals surface area contributed by atoms with Crippen LogP contribution in [0.2, 0.25) is 0 Å². The highest BCUT2D eigenvalue weighted by Crippen LogP contribution is 2.24. The topological polar surface area (TPSA) is 61.4 Å². The fourth-order valence-corrected chi connectivity index (χ4v) is 3.56. The van der Waals surface area contributed by atoms with Crippen molar-refractivity contribution >= 4 is 21.6 Å². The summed E-state index contributed by atoms with van der Waals surface area (Å²) in [5.41, 5.74) is 2.03. The van der Waals surface area contributed by atoms with Gasteiger partial charge in [-0.2, -0.15) is 5.10 Å². The summed E-state index contributed by atoms with van der Waals surface area (Å²) >= 11 is 1.69. The monoisotopic (exact) mass is 324 g/mol. The molecule has 0 aliphatic rings. The molecule has 0 saturated carbocycles. The Labute approximate surface area is 137 Å². The molecule has 0 spiro atoms. The molecule has 1 aromatic carbocycles. The average molecular weight is 324 g/mol. The maximum atomic E-state index is 4.50. The lowest BCUT2D eigenvalue weighted by molar-refractivity contribution is 0.670. The summed E-state index contributed by atoms with van der Waals surface area (Å²) in [5, 5.41) is 5.46. The minimum atomic E-state index is 0.656. The van der Waals surface area contributed by atoms with Crippen LogP contribution >= 0.6 is 11.3 Å². The first-order valence-corrected chi connectivity index (χ1v) is 8.32. The number of rotatable bonds is 4. The number of hydrogen-bond acceptors (Lipinski definition) is 5. The van der Waals surface area contributed by atoms with E-state index >= 15 is 0 Å². The highest BCUT2D eigenvalue weighted by atomic mass is 32.1. The maximum absolute atomic E-state index is 4.50. The van der Waals surface area contributed by atoms with Crippen molar-refractivity contribution in [3.05, 3.63) is 53.6 Å². The minimum Gasteiger partial charge on any atom is -0.327 e. The number of aromatic nitrogens is 6. The first-order chi connectivity index (χ1) is 11.2. The van der Waals surface area contributed by atoms with E-state index in [1.807, 2.05) is 36.1 Å². The fourth-order valence-electron chi connectivity index (χ4n) is 2.70. The molecular formula is C16H16N6S. The van der Waals surface area contributed by atoms with Crippen LogP contribution in [0.15, 0.2) is 36.9 Å². The molecule has 116 valence electrons. The van der Waals surface area contributed by atoms with E-state index in [-0.39, 0.29) is 0 Å². The second-order valence-electron chi connectivity index (χ2n) is 5.30. The Morgan fingerprint density at radius 2 is 2.09 bits per heavy atom. The van der Waals surface area contributed by atoms with Gasteiger partial charge < -0.3 is 4.57 Å². The highest BCUT2D eigenvalue weighted by Gasteiger charge is 2.11. The summed E-state index contributed by atoms with van der Waals surface area (Å²) in [6.07, 6.45) is 6.30. The van der Waals surface area contributed by atoms with Crippen molar-refractivity contribution in [2.75, 3.05) is 0 Å². The number of hydrogen-bond donors (Lipinski definition) is 0. The molecule has 3 aromatic heterocycles. The molecule has 0 bridgehead atoms. The van der Waals surface area contributed by atoms with Crippen LogP contribution in [0.4, 0.5) is 0 Å². The van der Waals surface area contributed by atoms with Crippen molar-refractivity contribution < 1.29 is 0 Å². The Bertz CT molecular complexity index is 964. The van der Waals surface area contributed by atoms with Crippen LogP contribution in [0.5, 0.6) is 0 Å². The highest BCUT2D eigenvalue weighted by molar-refractivity contribution is 7.18. The van der Waals surface area contributed by atoms with Crippen LogP contribution in [0.3, 0.4) is 0 Å². The van der Waals surface area contributed by atoms with E-state index in [0.717, 1.165) is 34.3 Å². The molecule has 0 radical (unpaired) electrons. The molecule has 0 N–H and O–H groups in total. The van der Waals surface area contributed by atoms with Crippen molar-refractivity contribution in [3.63, 3.8) is 0 Å². The molecule has 6 nitrogen and oxygen atoms in total. The number of imidazole rings is 1. The molecule has 0 atom stereocenters. The average Bonchev–Trinajstić information content (AvgIpc) is 3.25. The number of benzene rings is 1. The van der Waals surface area contributed by atoms with E-state index in [4.69, 9.17) is 0 Å². The van der Waals surface area contributed by atoms with Crippen molar-refractivity contribution in [2.45, 2.75) is 26.8 Å². The van der Waals surface area contributed by atoms with Crippen molar-refractivity contribution in [1.82, 2.24) is 29.3 Å². The Morgan fingerprint density at radius 3 is 2.96 bits per heavy atom. The van der Waals surface area contributed by atoms with Gasteiger partial charge in [-0.1, -0.05) is 6.92 Å². The predicted molar refractivity (Wildman–Crippen MR) is 90.0 cm³/mol. The molecule has 4 aromatic rings. The third-order valence-electron chi connectivity index (χ3n) is 3.77. The van der Waals surface area contributed by atoms with Gasteiger partial charge in [0.15, 0.2) is 5.82 Å². The standard InChI is InChI=1S/C16H16N6S/c1-3-15-17-6-7-21(15)9-16-18-10-19-22(16)12-4-5-13-14(8-12)23-11(2)20-13/h4-8,10H,3,9H2,1-2H3. The quantitative estimate of drug-likeness (QED) is 0.579. The van der Waals surface area contributed by atoms with Crippen LogP contribution < -0.4 is 0 Å². The van der Waals surface area contributed by atoms with Gasteiger partial charge in [0.2, 0.25) is 0 Å². The van der Waals surface area contributed by atoms with Gasteiger partial charge in [-0.25, -0.2) is 19.6 Å². The second kappa shape index (κ2) is 5.58. The molecule has 0 unspecified atom stereocenters. The molecule has 23 heavy (non-hydrogen) atoms. The molecule has 0 aliphatic heterocycles. The van der Waals surface area contributed by atoms with Gasteiger partial charge in [0.25, 0.3) is 0 Å². The van der Waals surface area contributed by atoms with E-state index in [9.17, 15) is 0 Å². The van der Waals surface area contributed by atoms with Crippen molar-refractivity contribution in [2.24, 2.45) is 0 Å². The molecule has 7 heteroatoms. The van der Waals surface area contributed by atoms with Crippen LogP contribution in [0.1, 0.15) is 23.6 Å². The van der Waals surface area contributed by atoms with E-state index in [0.29, 0.717) is 6.54 Å². The Morgan fingerprint density at radius 1 is 1.17 bits per heavy atom. The van der Waals surface area contributed by atoms with Gasteiger partial charge in [0.1, 0.15) is 12.2 Å². The fraction of sp³-hybridized carbons (Fsp3) is 0.250. The molecule has 3 heterocycles. The Hall–Kier alpha value is -2.54. The summed E-state index contributed by atoms with van der Waals surface area (Å²) < 4.78 is 5.16. The van der Waals surface area contributed by atoms with E-state index in [1.165, 1.54) is 4.70 Å². The zero-order valence-corrected chi connectivity index (χ0v) is 13.8. The van der Waals surface area contributed by atoms with Gasteiger partial charge in [-0.15, -0.1) is 11.3 Å². The number of aryl methyl sites for hydroxylation is 2. The number of thiazole rings is 1. The second-order valence-corrected chi connectivity index (χ2v) is 6.53. The largest absolute Gasteiger partial charge is 0.327 e. The third-order valence-corrected chi connectivity index (χ3v) is 4.71. The van der Waals surface area contributed by atoms with Gasteiger partial charge in [0, 0.05) is 18.8 Å². The number of fused-ring (bicyclic) bond motifs is 1. The van der Waals surface area contributed by atoms with Crippen LogP contribution in [0.25, 0.3) is 15.9 Å². The molecule has 0 amide bonds. The van der Waals surface area contributed by atoms with Crippen molar-refractivity contribution in [1.29, 1.82) is 0 Å². The molecule has 4 rings (SSSR count). The van der Waals surface area contributed by atoms with Crippen LogP contribution in [-0.2, 0) is 13.0 Å². The van der Waals surface area contributed by atoms with Crippen LogP contribution in [0, 0.1) is 6.92 Å². The summed E-state index contributed by atoms with van der Waals surface area (Å²) in [5.74, 6) is 1.94. The third kappa shape index (κ3) is 2.53. The SMILES string of the molecule is CCc1nccn1Cc1ncnn1-c1ccc2nc(C)sc2c1. The van der Waals surface area contributed by atoms with Crippen LogP contribution in [-0.4, -0.2) is 29.3 Å². The Balaban J connectivity index is 1.73.